The summed E-state index contributed by atoms with van der Waals surface area (Å²) in [7, 11) is 0. The largest absolute Gasteiger partial charge is 0.352 e. The second-order valence-corrected chi connectivity index (χ2v) is 4.17. The van der Waals surface area contributed by atoms with Crippen LogP contribution >= 0.6 is 0 Å². The molecular formula is C14H21N3O2. The lowest BCUT2D eigenvalue weighted by atomic mass is 10.4. The summed E-state index contributed by atoms with van der Waals surface area (Å²) >= 11 is 0. The van der Waals surface area contributed by atoms with Gasteiger partial charge in [-0.3, -0.25) is 0 Å². The second kappa shape index (κ2) is 7.23. The summed E-state index contributed by atoms with van der Waals surface area (Å²) in [6.07, 6.45) is 3.83. The van der Waals surface area contributed by atoms with E-state index in [0.717, 1.165) is 11.3 Å². The van der Waals surface area contributed by atoms with Crippen LogP contribution in [0.1, 0.15) is 19.5 Å². The molecule has 2 aromatic heterocycles. The first-order chi connectivity index (χ1) is 9.33. The van der Waals surface area contributed by atoms with Crippen LogP contribution in [-0.2, 0) is 16.0 Å². The van der Waals surface area contributed by atoms with Gasteiger partial charge >= 0.3 is 0 Å². The quantitative estimate of drug-likeness (QED) is 0.738. The zero-order valence-corrected chi connectivity index (χ0v) is 11.5. The van der Waals surface area contributed by atoms with Crippen LogP contribution in [0, 0.1) is 0 Å². The van der Waals surface area contributed by atoms with E-state index in [4.69, 9.17) is 9.47 Å². The van der Waals surface area contributed by atoms with Gasteiger partial charge in [-0.15, -0.1) is 0 Å². The number of fused-ring (bicyclic) bond motifs is 1. The van der Waals surface area contributed by atoms with Crippen molar-refractivity contribution < 1.29 is 9.47 Å². The number of rotatable bonds is 8. The van der Waals surface area contributed by atoms with Crippen molar-refractivity contribution in [3.63, 3.8) is 0 Å². The highest BCUT2D eigenvalue weighted by atomic mass is 16.7. The number of aromatic nitrogens is 2. The Balaban J connectivity index is 1.84. The summed E-state index contributed by atoms with van der Waals surface area (Å²) in [6, 6.07) is 5.97. The summed E-state index contributed by atoms with van der Waals surface area (Å²) in [6.45, 7) is 6.61. The van der Waals surface area contributed by atoms with E-state index < -0.39 is 0 Å². The predicted molar refractivity (Wildman–Crippen MR) is 73.9 cm³/mol. The van der Waals surface area contributed by atoms with E-state index in [-0.39, 0.29) is 6.29 Å². The highest BCUT2D eigenvalue weighted by Gasteiger charge is 2.07. The van der Waals surface area contributed by atoms with E-state index in [0.29, 0.717) is 26.3 Å². The summed E-state index contributed by atoms with van der Waals surface area (Å²) in [5.74, 6) is 0. The Morgan fingerprint density at radius 2 is 2.05 bits per heavy atom. The number of nitrogens with zero attached hydrogens (tertiary/aromatic N) is 2. The minimum atomic E-state index is -0.188. The Morgan fingerprint density at radius 1 is 1.26 bits per heavy atom. The first-order valence-corrected chi connectivity index (χ1v) is 6.70. The third kappa shape index (κ3) is 4.02. The van der Waals surface area contributed by atoms with Crippen LogP contribution in [0.5, 0.6) is 0 Å². The molecule has 0 saturated heterocycles. The highest BCUT2D eigenvalue weighted by molar-refractivity contribution is 5.39. The third-order valence-corrected chi connectivity index (χ3v) is 2.74. The summed E-state index contributed by atoms with van der Waals surface area (Å²) in [5.41, 5.74) is 1.98. The molecule has 2 aromatic rings. The molecule has 0 fully saturated rings. The fourth-order valence-electron chi connectivity index (χ4n) is 1.93. The lowest BCUT2D eigenvalue weighted by Crippen LogP contribution is -2.31. The fraction of sp³-hybridized carbons (Fsp3) is 0.500. The van der Waals surface area contributed by atoms with E-state index in [1.807, 2.05) is 48.8 Å². The monoisotopic (exact) mass is 263 g/mol. The molecule has 0 aliphatic carbocycles. The minimum Gasteiger partial charge on any atom is -0.352 e. The zero-order valence-electron chi connectivity index (χ0n) is 11.5. The zero-order chi connectivity index (χ0) is 13.5. The molecule has 0 bridgehead atoms. The van der Waals surface area contributed by atoms with Crippen LogP contribution in [0.4, 0.5) is 0 Å². The van der Waals surface area contributed by atoms with Gasteiger partial charge in [-0.25, -0.2) is 4.98 Å². The van der Waals surface area contributed by atoms with Crippen LogP contribution in [0.15, 0.2) is 30.6 Å². The van der Waals surface area contributed by atoms with Crippen molar-refractivity contribution in [2.24, 2.45) is 0 Å². The van der Waals surface area contributed by atoms with Gasteiger partial charge in [0.05, 0.1) is 5.69 Å². The topological polar surface area (TPSA) is 47.8 Å². The molecule has 104 valence electrons. The Labute approximate surface area is 113 Å². The number of hydrogen-bond acceptors (Lipinski definition) is 4. The van der Waals surface area contributed by atoms with E-state index in [1.54, 1.807) is 0 Å². The van der Waals surface area contributed by atoms with Gasteiger partial charge in [0.15, 0.2) is 6.29 Å². The van der Waals surface area contributed by atoms with Gasteiger partial charge in [-0.1, -0.05) is 6.07 Å². The summed E-state index contributed by atoms with van der Waals surface area (Å²) in [4.78, 5) is 4.52. The molecular weight excluding hydrogens is 242 g/mol. The highest BCUT2D eigenvalue weighted by Crippen LogP contribution is 2.04. The van der Waals surface area contributed by atoms with Crippen LogP contribution in [0.2, 0.25) is 0 Å². The molecule has 2 rings (SSSR count). The van der Waals surface area contributed by atoms with Gasteiger partial charge in [-0.2, -0.15) is 0 Å². The van der Waals surface area contributed by atoms with Crippen molar-refractivity contribution in [1.29, 1.82) is 0 Å². The van der Waals surface area contributed by atoms with Crippen molar-refractivity contribution in [2.75, 3.05) is 19.8 Å². The molecule has 0 aliphatic heterocycles. The van der Waals surface area contributed by atoms with E-state index in [9.17, 15) is 0 Å². The third-order valence-electron chi connectivity index (χ3n) is 2.74. The predicted octanol–water partition coefficient (Wildman–Crippen LogP) is 1.82. The molecule has 2 heterocycles. The fourth-order valence-corrected chi connectivity index (χ4v) is 1.93. The number of nitrogens with one attached hydrogen (secondary N) is 1. The molecule has 0 radical (unpaired) electrons. The Bertz CT molecular complexity index is 459. The van der Waals surface area contributed by atoms with Gasteiger partial charge in [0.25, 0.3) is 0 Å². The van der Waals surface area contributed by atoms with E-state index >= 15 is 0 Å². The average molecular weight is 263 g/mol. The van der Waals surface area contributed by atoms with Crippen molar-refractivity contribution >= 4 is 5.65 Å². The minimum absolute atomic E-state index is 0.188. The normalized spacial score (nSPS) is 11.5. The van der Waals surface area contributed by atoms with Crippen LogP contribution in [0.25, 0.3) is 5.65 Å². The Hall–Kier alpha value is -1.43. The molecule has 0 atom stereocenters. The van der Waals surface area contributed by atoms with E-state index in [1.165, 1.54) is 0 Å². The number of imidazole rings is 1. The molecule has 1 N–H and O–H groups in total. The standard InChI is InChI=1S/C14H21N3O2/c1-3-18-14(19-4-2)10-15-9-12-11-17-8-6-5-7-13(17)16-12/h5-8,11,14-15H,3-4,9-10H2,1-2H3. The van der Waals surface area contributed by atoms with E-state index in [2.05, 4.69) is 10.3 Å². The Kier molecular flexibility index (Phi) is 5.32. The SMILES string of the molecule is CCOC(CNCc1cn2ccccc2n1)OCC. The first kappa shape index (κ1) is 14.0. The number of hydrogen-bond donors (Lipinski definition) is 1. The van der Waals surface area contributed by atoms with Crippen molar-refractivity contribution in [2.45, 2.75) is 26.7 Å². The number of pyridine rings is 1. The second-order valence-electron chi connectivity index (χ2n) is 4.17. The molecule has 0 unspecified atom stereocenters. The van der Waals surface area contributed by atoms with Crippen LogP contribution in [-0.4, -0.2) is 35.4 Å². The molecule has 0 spiro atoms. The van der Waals surface area contributed by atoms with Gasteiger partial charge in [0, 0.05) is 38.7 Å². The average Bonchev–Trinajstić information content (AvgIpc) is 2.82. The van der Waals surface area contributed by atoms with Gasteiger partial charge in [0.1, 0.15) is 5.65 Å². The van der Waals surface area contributed by atoms with Gasteiger partial charge in [0.2, 0.25) is 0 Å². The molecule has 5 nitrogen and oxygen atoms in total. The van der Waals surface area contributed by atoms with Crippen molar-refractivity contribution in [1.82, 2.24) is 14.7 Å². The molecule has 0 amide bonds. The molecule has 19 heavy (non-hydrogen) atoms. The van der Waals surface area contributed by atoms with Crippen LogP contribution in [0.3, 0.4) is 0 Å². The van der Waals surface area contributed by atoms with Crippen LogP contribution < -0.4 is 5.32 Å². The van der Waals surface area contributed by atoms with Gasteiger partial charge in [-0.05, 0) is 26.0 Å². The summed E-state index contributed by atoms with van der Waals surface area (Å²) in [5, 5.41) is 3.31. The molecule has 0 aliphatic rings. The lowest BCUT2D eigenvalue weighted by molar-refractivity contribution is -0.133. The molecule has 0 aromatic carbocycles. The van der Waals surface area contributed by atoms with Gasteiger partial charge < -0.3 is 19.2 Å². The Morgan fingerprint density at radius 3 is 2.74 bits per heavy atom. The maximum absolute atomic E-state index is 5.47. The smallest absolute Gasteiger partial charge is 0.169 e. The maximum Gasteiger partial charge on any atom is 0.169 e. The molecule has 5 heteroatoms. The van der Waals surface area contributed by atoms with Crippen molar-refractivity contribution in [3.8, 4) is 0 Å². The van der Waals surface area contributed by atoms with Crippen molar-refractivity contribution in [3.05, 3.63) is 36.3 Å². The lowest BCUT2D eigenvalue weighted by Gasteiger charge is -2.16. The molecule has 0 saturated carbocycles. The first-order valence-electron chi connectivity index (χ1n) is 6.70. The maximum atomic E-state index is 5.47. The number of ether oxygens (including phenoxy) is 2. The summed E-state index contributed by atoms with van der Waals surface area (Å²) < 4.78 is 13.0.